The summed E-state index contributed by atoms with van der Waals surface area (Å²) in [7, 11) is 0. The van der Waals surface area contributed by atoms with Crippen LogP contribution in [0.25, 0.3) is 0 Å². The van der Waals surface area contributed by atoms with Crippen LogP contribution in [0.4, 0.5) is 0 Å². The van der Waals surface area contributed by atoms with Gasteiger partial charge in [0.15, 0.2) is 0 Å². The minimum absolute atomic E-state index is 0.258. The maximum atomic E-state index is 9.01. The lowest BCUT2D eigenvalue weighted by atomic mass is 9.78. The highest BCUT2D eigenvalue weighted by Gasteiger charge is 2.22. The van der Waals surface area contributed by atoms with E-state index in [0.717, 1.165) is 19.3 Å². The first-order valence-corrected chi connectivity index (χ1v) is 6.40. The molecule has 0 heterocycles. The third-order valence-corrected chi connectivity index (χ3v) is 4.14. The zero-order valence-electron chi connectivity index (χ0n) is 9.63. The predicted molar refractivity (Wildman–Crippen MR) is 64.2 cm³/mol. The van der Waals surface area contributed by atoms with Gasteiger partial charge in [0.05, 0.1) is 12.0 Å². The Labute approximate surface area is 97.1 Å². The molecule has 16 heavy (non-hydrogen) atoms. The fraction of sp³-hybridized carbons (Fsp3) is 0.533. The molecule has 2 aliphatic rings. The van der Waals surface area contributed by atoms with Crippen molar-refractivity contribution in [3.63, 3.8) is 0 Å². The van der Waals surface area contributed by atoms with E-state index in [0.29, 0.717) is 0 Å². The van der Waals surface area contributed by atoms with E-state index in [1.54, 1.807) is 16.7 Å². The molecule has 1 unspecified atom stereocenters. The summed E-state index contributed by atoms with van der Waals surface area (Å²) in [6, 6.07) is 7.02. The number of nitriles is 1. The zero-order chi connectivity index (χ0) is 11.0. The van der Waals surface area contributed by atoms with Gasteiger partial charge in [-0.15, -0.1) is 0 Å². The highest BCUT2D eigenvalue weighted by atomic mass is 14.3. The molecule has 0 bridgehead atoms. The molecule has 3 rings (SSSR count). The van der Waals surface area contributed by atoms with Gasteiger partial charge in [0, 0.05) is 0 Å². The standard InChI is InChI=1S/C15H17N/c16-10-11-5-8-15-13(9-11)7-6-12-3-1-2-4-14(12)15/h6-7,11H,1-5,8-9H2. The topological polar surface area (TPSA) is 23.8 Å². The van der Waals surface area contributed by atoms with Gasteiger partial charge in [-0.1, -0.05) is 12.1 Å². The Hall–Kier alpha value is -1.29. The number of fused-ring (bicyclic) bond motifs is 3. The third-order valence-electron chi connectivity index (χ3n) is 4.14. The molecule has 0 saturated carbocycles. The summed E-state index contributed by atoms with van der Waals surface area (Å²) >= 11 is 0. The number of hydrogen-bond acceptors (Lipinski definition) is 1. The van der Waals surface area contributed by atoms with Crippen molar-refractivity contribution >= 4 is 0 Å². The summed E-state index contributed by atoms with van der Waals surface area (Å²) < 4.78 is 0. The van der Waals surface area contributed by atoms with Gasteiger partial charge in [-0.05, 0) is 67.2 Å². The summed E-state index contributed by atoms with van der Waals surface area (Å²) in [5, 5.41) is 9.01. The summed E-state index contributed by atoms with van der Waals surface area (Å²) in [4.78, 5) is 0. The van der Waals surface area contributed by atoms with Gasteiger partial charge in [-0.3, -0.25) is 0 Å². The first kappa shape index (κ1) is 9.90. The average molecular weight is 211 g/mol. The van der Waals surface area contributed by atoms with Crippen LogP contribution < -0.4 is 0 Å². The van der Waals surface area contributed by atoms with Gasteiger partial charge < -0.3 is 0 Å². The van der Waals surface area contributed by atoms with Crippen molar-refractivity contribution in [1.29, 1.82) is 5.26 Å². The highest BCUT2D eigenvalue weighted by Crippen LogP contribution is 2.33. The minimum atomic E-state index is 0.258. The molecule has 0 aromatic heterocycles. The van der Waals surface area contributed by atoms with Crippen molar-refractivity contribution in [1.82, 2.24) is 0 Å². The van der Waals surface area contributed by atoms with E-state index in [1.807, 2.05) is 0 Å². The van der Waals surface area contributed by atoms with Crippen LogP contribution in [0.2, 0.25) is 0 Å². The Morgan fingerprint density at radius 1 is 1.00 bits per heavy atom. The minimum Gasteiger partial charge on any atom is -0.198 e. The molecule has 0 radical (unpaired) electrons. The number of benzene rings is 1. The highest BCUT2D eigenvalue weighted by molar-refractivity contribution is 5.44. The normalized spacial score (nSPS) is 23.1. The molecular formula is C15H17N. The number of aryl methyl sites for hydroxylation is 1. The molecule has 1 aromatic rings. The average Bonchev–Trinajstić information content (AvgIpc) is 2.38. The third kappa shape index (κ3) is 1.53. The van der Waals surface area contributed by atoms with Crippen molar-refractivity contribution in [2.45, 2.75) is 44.9 Å². The Kier molecular flexibility index (Phi) is 2.44. The van der Waals surface area contributed by atoms with Crippen LogP contribution in [0.5, 0.6) is 0 Å². The first-order valence-electron chi connectivity index (χ1n) is 6.40. The first-order chi connectivity index (χ1) is 7.88. The maximum absolute atomic E-state index is 9.01. The van der Waals surface area contributed by atoms with Crippen LogP contribution in [-0.2, 0) is 25.7 Å². The summed E-state index contributed by atoms with van der Waals surface area (Å²) in [6.07, 6.45) is 8.44. The fourth-order valence-corrected chi connectivity index (χ4v) is 3.25. The van der Waals surface area contributed by atoms with E-state index in [-0.39, 0.29) is 5.92 Å². The quantitative estimate of drug-likeness (QED) is 0.646. The second-order valence-corrected chi connectivity index (χ2v) is 5.12. The van der Waals surface area contributed by atoms with Crippen LogP contribution in [0.3, 0.4) is 0 Å². The van der Waals surface area contributed by atoms with Crippen LogP contribution in [0.1, 0.15) is 41.5 Å². The lowest BCUT2D eigenvalue weighted by Crippen LogP contribution is -2.17. The van der Waals surface area contributed by atoms with E-state index in [4.69, 9.17) is 5.26 Å². The second kappa shape index (κ2) is 3.94. The molecular weight excluding hydrogens is 194 g/mol. The van der Waals surface area contributed by atoms with Crippen molar-refractivity contribution in [3.05, 3.63) is 34.4 Å². The van der Waals surface area contributed by atoms with E-state index in [2.05, 4.69) is 18.2 Å². The SMILES string of the molecule is N#CC1CCc2c(ccc3c2CCCC3)C1. The Morgan fingerprint density at radius 2 is 1.75 bits per heavy atom. The van der Waals surface area contributed by atoms with E-state index in [9.17, 15) is 0 Å². The van der Waals surface area contributed by atoms with Crippen LogP contribution in [0.15, 0.2) is 12.1 Å². The second-order valence-electron chi connectivity index (χ2n) is 5.12. The molecule has 0 aliphatic heterocycles. The van der Waals surface area contributed by atoms with Gasteiger partial charge in [-0.25, -0.2) is 0 Å². The van der Waals surface area contributed by atoms with Gasteiger partial charge in [0.1, 0.15) is 0 Å². The van der Waals surface area contributed by atoms with Gasteiger partial charge in [-0.2, -0.15) is 5.26 Å². The lowest BCUT2D eigenvalue weighted by molar-refractivity contribution is 0.554. The number of hydrogen-bond donors (Lipinski definition) is 0. The number of rotatable bonds is 0. The Balaban J connectivity index is 2.03. The lowest BCUT2D eigenvalue weighted by Gasteiger charge is -2.26. The molecule has 82 valence electrons. The van der Waals surface area contributed by atoms with Crippen molar-refractivity contribution in [2.75, 3.05) is 0 Å². The molecule has 0 saturated heterocycles. The fourth-order valence-electron chi connectivity index (χ4n) is 3.25. The Morgan fingerprint density at radius 3 is 2.62 bits per heavy atom. The van der Waals surface area contributed by atoms with Gasteiger partial charge in [0.25, 0.3) is 0 Å². The van der Waals surface area contributed by atoms with Crippen molar-refractivity contribution in [3.8, 4) is 6.07 Å². The van der Waals surface area contributed by atoms with E-state index >= 15 is 0 Å². The molecule has 1 atom stereocenters. The van der Waals surface area contributed by atoms with E-state index < -0.39 is 0 Å². The summed E-state index contributed by atoms with van der Waals surface area (Å²) in [5.41, 5.74) is 6.28. The zero-order valence-corrected chi connectivity index (χ0v) is 9.63. The molecule has 0 fully saturated rings. The van der Waals surface area contributed by atoms with Crippen LogP contribution in [0, 0.1) is 17.2 Å². The maximum Gasteiger partial charge on any atom is 0.0659 e. The summed E-state index contributed by atoms with van der Waals surface area (Å²) in [5.74, 6) is 0.258. The molecule has 0 N–H and O–H groups in total. The monoisotopic (exact) mass is 211 g/mol. The molecule has 1 nitrogen and oxygen atoms in total. The summed E-state index contributed by atoms with van der Waals surface area (Å²) in [6.45, 7) is 0. The molecule has 1 heteroatoms. The van der Waals surface area contributed by atoms with Crippen LogP contribution in [-0.4, -0.2) is 0 Å². The smallest absolute Gasteiger partial charge is 0.0659 e. The number of nitrogens with zero attached hydrogens (tertiary/aromatic N) is 1. The largest absolute Gasteiger partial charge is 0.198 e. The molecule has 2 aliphatic carbocycles. The van der Waals surface area contributed by atoms with Gasteiger partial charge in [0.2, 0.25) is 0 Å². The molecule has 0 spiro atoms. The van der Waals surface area contributed by atoms with E-state index in [1.165, 1.54) is 31.2 Å². The van der Waals surface area contributed by atoms with Crippen molar-refractivity contribution in [2.24, 2.45) is 5.92 Å². The predicted octanol–water partition coefficient (Wildman–Crippen LogP) is 3.19. The Bertz CT molecular complexity index is 453. The van der Waals surface area contributed by atoms with Crippen LogP contribution >= 0.6 is 0 Å². The molecule has 0 amide bonds. The van der Waals surface area contributed by atoms with Gasteiger partial charge >= 0.3 is 0 Å². The molecule has 1 aromatic carbocycles. The van der Waals surface area contributed by atoms with Crippen molar-refractivity contribution < 1.29 is 0 Å².